The molecule has 2 rings (SSSR count). The van der Waals surface area contributed by atoms with Crippen LogP contribution in [0.25, 0.3) is 11.1 Å². The lowest BCUT2D eigenvalue weighted by molar-refractivity contribution is 0.408. The molecule has 0 aromatic heterocycles. The van der Waals surface area contributed by atoms with Crippen molar-refractivity contribution in [2.75, 3.05) is 14.2 Å². The predicted octanol–water partition coefficient (Wildman–Crippen LogP) is 3.08. The highest BCUT2D eigenvalue weighted by atomic mass is 16.5. The van der Waals surface area contributed by atoms with E-state index in [0.29, 0.717) is 0 Å². The maximum atomic E-state index is 5.35. The maximum absolute atomic E-state index is 5.35. The molecule has 0 aliphatic carbocycles. The minimum absolute atomic E-state index is 0.809. The Balaban J connectivity index is 2.40. The Hall–Kier alpha value is -1.80. The van der Waals surface area contributed by atoms with Crippen molar-refractivity contribution in [3.05, 3.63) is 54.1 Å². The van der Waals surface area contributed by atoms with Gasteiger partial charge in [0.1, 0.15) is 5.75 Å². The molecule has 0 atom stereocenters. The normalized spacial score (nSPS) is 10.2. The molecule has 17 heavy (non-hydrogen) atoms. The van der Waals surface area contributed by atoms with Crippen LogP contribution in [0.3, 0.4) is 0 Å². The van der Waals surface area contributed by atoms with Crippen LogP contribution in [0, 0.1) is 0 Å². The molecule has 0 unspecified atom stereocenters. The monoisotopic (exact) mass is 227 g/mol. The van der Waals surface area contributed by atoms with Crippen molar-refractivity contribution < 1.29 is 4.74 Å². The summed E-state index contributed by atoms with van der Waals surface area (Å²) in [7, 11) is 3.64. The molecule has 0 heterocycles. The fraction of sp³-hybridized carbons (Fsp3) is 0.200. The molecule has 1 N–H and O–H groups in total. The summed E-state index contributed by atoms with van der Waals surface area (Å²) < 4.78 is 5.35. The summed E-state index contributed by atoms with van der Waals surface area (Å²) in [6.07, 6.45) is 0. The molecule has 2 nitrogen and oxygen atoms in total. The van der Waals surface area contributed by atoms with Crippen LogP contribution in [0.1, 0.15) is 5.56 Å². The van der Waals surface area contributed by atoms with Crippen LogP contribution in [0.4, 0.5) is 0 Å². The van der Waals surface area contributed by atoms with Gasteiger partial charge in [-0.05, 0) is 30.3 Å². The quantitative estimate of drug-likeness (QED) is 0.866. The van der Waals surface area contributed by atoms with Crippen molar-refractivity contribution >= 4 is 0 Å². The third kappa shape index (κ3) is 2.66. The molecular formula is C15H17NO. The molecule has 0 aliphatic heterocycles. The van der Waals surface area contributed by atoms with E-state index in [1.807, 2.05) is 19.2 Å². The summed E-state index contributed by atoms with van der Waals surface area (Å²) in [5, 5.41) is 3.16. The Morgan fingerprint density at radius 2 is 1.76 bits per heavy atom. The highest BCUT2D eigenvalue weighted by Crippen LogP contribution is 2.26. The van der Waals surface area contributed by atoms with Crippen molar-refractivity contribution in [3.8, 4) is 16.9 Å². The molecule has 88 valence electrons. The van der Waals surface area contributed by atoms with Gasteiger partial charge >= 0.3 is 0 Å². The summed E-state index contributed by atoms with van der Waals surface area (Å²) in [4.78, 5) is 0. The molecule has 0 saturated heterocycles. The molecule has 0 fully saturated rings. The van der Waals surface area contributed by atoms with Crippen LogP contribution in [-0.2, 0) is 6.54 Å². The van der Waals surface area contributed by atoms with E-state index in [2.05, 4.69) is 41.7 Å². The van der Waals surface area contributed by atoms with Gasteiger partial charge < -0.3 is 10.1 Å². The van der Waals surface area contributed by atoms with Crippen LogP contribution in [0.15, 0.2) is 48.5 Å². The van der Waals surface area contributed by atoms with Crippen LogP contribution in [0.2, 0.25) is 0 Å². The lowest BCUT2D eigenvalue weighted by Gasteiger charge is -2.10. The molecule has 0 radical (unpaired) electrons. The van der Waals surface area contributed by atoms with E-state index in [1.165, 1.54) is 16.7 Å². The highest BCUT2D eigenvalue weighted by molar-refractivity contribution is 5.65. The third-order valence-electron chi connectivity index (χ3n) is 2.75. The predicted molar refractivity (Wildman–Crippen MR) is 71.2 cm³/mol. The lowest BCUT2D eigenvalue weighted by Crippen LogP contribution is -2.06. The molecule has 0 saturated carbocycles. The van der Waals surface area contributed by atoms with Gasteiger partial charge in [0.2, 0.25) is 0 Å². The highest BCUT2D eigenvalue weighted by Gasteiger charge is 2.04. The summed E-state index contributed by atoms with van der Waals surface area (Å²) >= 11 is 0. The number of hydrogen-bond donors (Lipinski definition) is 1. The standard InChI is InChI=1S/C15H17NO/c1-16-11-14-10-13(8-9-15(14)17-2)12-6-4-3-5-7-12/h3-10,16H,11H2,1-2H3. The number of ether oxygens (including phenoxy) is 1. The number of benzene rings is 2. The Morgan fingerprint density at radius 3 is 2.41 bits per heavy atom. The first-order valence-electron chi connectivity index (χ1n) is 5.72. The topological polar surface area (TPSA) is 21.3 Å². The fourth-order valence-electron chi connectivity index (χ4n) is 1.92. The van der Waals surface area contributed by atoms with E-state index >= 15 is 0 Å². The first-order valence-corrected chi connectivity index (χ1v) is 5.72. The average molecular weight is 227 g/mol. The molecule has 0 bridgehead atoms. The molecular weight excluding hydrogens is 210 g/mol. The van der Waals surface area contributed by atoms with E-state index in [0.717, 1.165) is 12.3 Å². The minimum Gasteiger partial charge on any atom is -0.496 e. The van der Waals surface area contributed by atoms with E-state index in [9.17, 15) is 0 Å². The van der Waals surface area contributed by atoms with Gasteiger partial charge in [-0.2, -0.15) is 0 Å². The zero-order chi connectivity index (χ0) is 12.1. The second-order valence-corrected chi connectivity index (χ2v) is 3.92. The smallest absolute Gasteiger partial charge is 0.123 e. The summed E-state index contributed by atoms with van der Waals surface area (Å²) in [6, 6.07) is 16.7. The van der Waals surface area contributed by atoms with Gasteiger partial charge in [-0.15, -0.1) is 0 Å². The SMILES string of the molecule is CNCc1cc(-c2ccccc2)ccc1OC. The van der Waals surface area contributed by atoms with E-state index in [4.69, 9.17) is 4.74 Å². The molecule has 0 spiro atoms. The van der Waals surface area contributed by atoms with Gasteiger partial charge in [0, 0.05) is 12.1 Å². The maximum Gasteiger partial charge on any atom is 0.123 e. The van der Waals surface area contributed by atoms with E-state index in [-0.39, 0.29) is 0 Å². The van der Waals surface area contributed by atoms with Crippen molar-refractivity contribution in [3.63, 3.8) is 0 Å². The van der Waals surface area contributed by atoms with Gasteiger partial charge in [0.05, 0.1) is 7.11 Å². The number of rotatable bonds is 4. The second-order valence-electron chi connectivity index (χ2n) is 3.92. The lowest BCUT2D eigenvalue weighted by atomic mass is 10.0. The number of nitrogens with one attached hydrogen (secondary N) is 1. The van der Waals surface area contributed by atoms with Crippen LogP contribution in [-0.4, -0.2) is 14.2 Å². The van der Waals surface area contributed by atoms with Crippen molar-refractivity contribution in [2.24, 2.45) is 0 Å². The Labute approximate surface area is 102 Å². The Kier molecular flexibility index (Phi) is 3.78. The van der Waals surface area contributed by atoms with Crippen molar-refractivity contribution in [2.45, 2.75) is 6.54 Å². The molecule has 2 aromatic carbocycles. The zero-order valence-electron chi connectivity index (χ0n) is 10.2. The largest absolute Gasteiger partial charge is 0.496 e. The van der Waals surface area contributed by atoms with E-state index in [1.54, 1.807) is 7.11 Å². The minimum atomic E-state index is 0.809. The van der Waals surface area contributed by atoms with Crippen LogP contribution in [0.5, 0.6) is 5.75 Å². The zero-order valence-corrected chi connectivity index (χ0v) is 10.2. The van der Waals surface area contributed by atoms with Crippen LogP contribution >= 0.6 is 0 Å². The molecule has 2 heteroatoms. The molecule has 0 amide bonds. The summed E-state index contributed by atoms with van der Waals surface area (Å²) in [6.45, 7) is 0.809. The van der Waals surface area contributed by atoms with Crippen molar-refractivity contribution in [1.29, 1.82) is 0 Å². The van der Waals surface area contributed by atoms with Gasteiger partial charge in [-0.3, -0.25) is 0 Å². The summed E-state index contributed by atoms with van der Waals surface area (Å²) in [5.74, 6) is 0.930. The fourth-order valence-corrected chi connectivity index (χ4v) is 1.92. The van der Waals surface area contributed by atoms with Gasteiger partial charge in [0.25, 0.3) is 0 Å². The van der Waals surface area contributed by atoms with Gasteiger partial charge in [-0.25, -0.2) is 0 Å². The van der Waals surface area contributed by atoms with E-state index < -0.39 is 0 Å². The molecule has 0 aliphatic rings. The van der Waals surface area contributed by atoms with Gasteiger partial charge in [-0.1, -0.05) is 36.4 Å². The van der Waals surface area contributed by atoms with Crippen LogP contribution < -0.4 is 10.1 Å². The molecule has 2 aromatic rings. The van der Waals surface area contributed by atoms with Gasteiger partial charge in [0.15, 0.2) is 0 Å². The first kappa shape index (κ1) is 11.7. The Morgan fingerprint density at radius 1 is 1.00 bits per heavy atom. The third-order valence-corrected chi connectivity index (χ3v) is 2.75. The number of methoxy groups -OCH3 is 1. The van der Waals surface area contributed by atoms with Crippen molar-refractivity contribution in [1.82, 2.24) is 5.32 Å². The second kappa shape index (κ2) is 5.51. The Bertz CT molecular complexity index is 480. The first-order chi connectivity index (χ1) is 8.35. The summed E-state index contributed by atoms with van der Waals surface area (Å²) in [5.41, 5.74) is 3.63. The number of hydrogen-bond acceptors (Lipinski definition) is 2. The average Bonchev–Trinajstić information content (AvgIpc) is 2.40.